The van der Waals surface area contributed by atoms with Crippen LogP contribution in [0.15, 0.2) is 42.5 Å². The molecule has 3 aromatic rings. The summed E-state index contributed by atoms with van der Waals surface area (Å²) < 4.78 is 10.5. The SMILES string of the molecule is COc1ccc(CC(=O)Nc2cccc(-c3n[nH]c(C)n3)c2)c(OC)c1. The van der Waals surface area contributed by atoms with Crippen LogP contribution < -0.4 is 14.8 Å². The van der Waals surface area contributed by atoms with E-state index in [1.165, 1.54) is 0 Å². The molecule has 1 heterocycles. The summed E-state index contributed by atoms with van der Waals surface area (Å²) in [5.41, 5.74) is 2.29. The second-order valence-electron chi connectivity index (χ2n) is 5.73. The molecule has 0 unspecified atom stereocenters. The van der Waals surface area contributed by atoms with E-state index < -0.39 is 0 Å². The third kappa shape index (κ3) is 4.00. The van der Waals surface area contributed by atoms with Crippen LogP contribution in [0.25, 0.3) is 11.4 Å². The molecule has 0 bridgehead atoms. The van der Waals surface area contributed by atoms with E-state index in [-0.39, 0.29) is 12.3 Å². The molecule has 2 N–H and O–H groups in total. The van der Waals surface area contributed by atoms with E-state index in [1.807, 2.05) is 37.3 Å². The number of nitrogens with one attached hydrogen (secondary N) is 2. The minimum absolute atomic E-state index is 0.142. The molecule has 0 fully saturated rings. The Hall–Kier alpha value is -3.35. The number of benzene rings is 2. The lowest BCUT2D eigenvalue weighted by Crippen LogP contribution is -2.15. The van der Waals surface area contributed by atoms with Gasteiger partial charge in [0.25, 0.3) is 0 Å². The van der Waals surface area contributed by atoms with E-state index in [2.05, 4.69) is 20.5 Å². The van der Waals surface area contributed by atoms with Gasteiger partial charge in [-0.2, -0.15) is 5.10 Å². The summed E-state index contributed by atoms with van der Waals surface area (Å²) in [6.07, 6.45) is 0.192. The van der Waals surface area contributed by atoms with Crippen molar-refractivity contribution < 1.29 is 14.3 Å². The minimum Gasteiger partial charge on any atom is -0.497 e. The highest BCUT2D eigenvalue weighted by molar-refractivity contribution is 5.93. The molecule has 0 aliphatic rings. The van der Waals surface area contributed by atoms with Gasteiger partial charge >= 0.3 is 0 Å². The molecule has 0 aliphatic carbocycles. The highest BCUT2D eigenvalue weighted by Gasteiger charge is 2.11. The number of methoxy groups -OCH3 is 2. The van der Waals surface area contributed by atoms with Crippen molar-refractivity contribution in [1.82, 2.24) is 15.2 Å². The number of nitrogens with zero attached hydrogens (tertiary/aromatic N) is 2. The molecule has 0 atom stereocenters. The van der Waals surface area contributed by atoms with Crippen LogP contribution in [0.4, 0.5) is 5.69 Å². The summed E-state index contributed by atoms with van der Waals surface area (Å²) >= 11 is 0. The summed E-state index contributed by atoms with van der Waals surface area (Å²) in [7, 11) is 3.16. The van der Waals surface area contributed by atoms with Gasteiger partial charge < -0.3 is 14.8 Å². The van der Waals surface area contributed by atoms with Crippen molar-refractivity contribution in [3.05, 3.63) is 53.9 Å². The maximum absolute atomic E-state index is 12.4. The molecule has 7 heteroatoms. The zero-order valence-corrected chi connectivity index (χ0v) is 14.9. The first-order valence-electron chi connectivity index (χ1n) is 8.09. The lowest BCUT2D eigenvalue weighted by molar-refractivity contribution is -0.115. The molecular formula is C19H20N4O3. The lowest BCUT2D eigenvalue weighted by atomic mass is 10.1. The predicted octanol–water partition coefficient (Wildman–Crippen LogP) is 2.98. The van der Waals surface area contributed by atoms with Gasteiger partial charge in [0.2, 0.25) is 5.91 Å². The maximum atomic E-state index is 12.4. The largest absolute Gasteiger partial charge is 0.497 e. The standard InChI is InChI=1S/C19H20N4O3/c1-12-20-19(23-22-12)14-5-4-6-15(9-14)21-18(24)10-13-7-8-16(25-2)11-17(13)26-3/h4-9,11H,10H2,1-3H3,(H,21,24)(H,20,22,23). The molecule has 1 amide bonds. The van der Waals surface area contributed by atoms with Crippen molar-refractivity contribution in [3.63, 3.8) is 0 Å². The summed E-state index contributed by atoms with van der Waals surface area (Å²) in [6, 6.07) is 12.8. The van der Waals surface area contributed by atoms with Gasteiger partial charge in [-0.25, -0.2) is 4.98 Å². The first kappa shape index (κ1) is 17.5. The monoisotopic (exact) mass is 352 g/mol. The van der Waals surface area contributed by atoms with E-state index in [9.17, 15) is 4.79 Å². The van der Waals surface area contributed by atoms with Gasteiger partial charge in [-0.05, 0) is 25.1 Å². The smallest absolute Gasteiger partial charge is 0.228 e. The highest BCUT2D eigenvalue weighted by Crippen LogP contribution is 2.25. The number of carbonyl (C=O) groups excluding carboxylic acids is 1. The summed E-state index contributed by atoms with van der Waals surface area (Å²) in [5, 5.41) is 9.84. The number of rotatable bonds is 6. The van der Waals surface area contributed by atoms with Crippen molar-refractivity contribution in [1.29, 1.82) is 0 Å². The zero-order valence-electron chi connectivity index (χ0n) is 14.9. The normalized spacial score (nSPS) is 10.4. The molecule has 0 saturated carbocycles. The first-order chi connectivity index (χ1) is 12.6. The van der Waals surface area contributed by atoms with Gasteiger partial charge in [-0.3, -0.25) is 9.89 Å². The number of hydrogen-bond donors (Lipinski definition) is 2. The predicted molar refractivity (Wildman–Crippen MR) is 98.4 cm³/mol. The number of aryl methyl sites for hydroxylation is 1. The van der Waals surface area contributed by atoms with Gasteiger partial charge in [0.15, 0.2) is 5.82 Å². The van der Waals surface area contributed by atoms with Crippen molar-refractivity contribution in [2.75, 3.05) is 19.5 Å². The average Bonchev–Trinajstić information content (AvgIpc) is 3.08. The Labute approximate surface area is 151 Å². The average molecular weight is 352 g/mol. The fourth-order valence-electron chi connectivity index (χ4n) is 2.58. The maximum Gasteiger partial charge on any atom is 0.228 e. The second kappa shape index (κ2) is 7.69. The van der Waals surface area contributed by atoms with Crippen LogP contribution in [0.1, 0.15) is 11.4 Å². The molecule has 7 nitrogen and oxygen atoms in total. The Bertz CT molecular complexity index is 921. The van der Waals surface area contributed by atoms with E-state index in [4.69, 9.17) is 9.47 Å². The quantitative estimate of drug-likeness (QED) is 0.712. The molecule has 0 spiro atoms. The third-order valence-corrected chi connectivity index (χ3v) is 3.85. The van der Waals surface area contributed by atoms with Crippen LogP contribution in [0.2, 0.25) is 0 Å². The fourth-order valence-corrected chi connectivity index (χ4v) is 2.58. The van der Waals surface area contributed by atoms with Gasteiger partial charge in [-0.1, -0.05) is 18.2 Å². The zero-order chi connectivity index (χ0) is 18.5. The van der Waals surface area contributed by atoms with E-state index in [0.717, 1.165) is 17.0 Å². The molecule has 26 heavy (non-hydrogen) atoms. The van der Waals surface area contributed by atoms with Crippen LogP contribution in [-0.4, -0.2) is 35.3 Å². The van der Waals surface area contributed by atoms with Gasteiger partial charge in [-0.15, -0.1) is 0 Å². The molecule has 134 valence electrons. The minimum atomic E-state index is -0.142. The van der Waals surface area contributed by atoms with Crippen LogP contribution in [0.5, 0.6) is 11.5 Å². The Morgan fingerprint density at radius 3 is 2.69 bits per heavy atom. The van der Waals surface area contributed by atoms with E-state index >= 15 is 0 Å². The Morgan fingerprint density at radius 1 is 1.15 bits per heavy atom. The van der Waals surface area contributed by atoms with Crippen LogP contribution in [-0.2, 0) is 11.2 Å². The number of anilines is 1. The number of carbonyl (C=O) groups is 1. The Morgan fingerprint density at radius 2 is 2.00 bits per heavy atom. The van der Waals surface area contributed by atoms with Crippen molar-refractivity contribution in [2.24, 2.45) is 0 Å². The Balaban J connectivity index is 1.73. The van der Waals surface area contributed by atoms with E-state index in [0.29, 0.717) is 23.0 Å². The first-order valence-corrected chi connectivity index (χ1v) is 8.09. The van der Waals surface area contributed by atoms with Crippen LogP contribution in [0.3, 0.4) is 0 Å². The molecular weight excluding hydrogens is 332 g/mol. The number of aromatic nitrogens is 3. The number of amides is 1. The van der Waals surface area contributed by atoms with Crippen molar-refractivity contribution in [3.8, 4) is 22.9 Å². The Kier molecular flexibility index (Phi) is 5.17. The lowest BCUT2D eigenvalue weighted by Gasteiger charge is -2.11. The van der Waals surface area contributed by atoms with E-state index in [1.54, 1.807) is 26.4 Å². The summed E-state index contributed by atoms with van der Waals surface area (Å²) in [4.78, 5) is 16.7. The highest BCUT2D eigenvalue weighted by atomic mass is 16.5. The molecule has 0 radical (unpaired) electrons. The molecule has 0 saturated heterocycles. The van der Waals surface area contributed by atoms with Crippen molar-refractivity contribution in [2.45, 2.75) is 13.3 Å². The third-order valence-electron chi connectivity index (χ3n) is 3.85. The second-order valence-corrected chi connectivity index (χ2v) is 5.73. The number of aromatic amines is 1. The number of ether oxygens (including phenoxy) is 2. The summed E-state index contributed by atoms with van der Waals surface area (Å²) in [6.45, 7) is 1.84. The molecule has 2 aromatic carbocycles. The number of H-pyrrole nitrogens is 1. The molecule has 3 rings (SSSR count). The van der Waals surface area contributed by atoms with Gasteiger partial charge in [0, 0.05) is 22.9 Å². The van der Waals surface area contributed by atoms with Crippen LogP contribution in [0, 0.1) is 6.92 Å². The van der Waals surface area contributed by atoms with Crippen molar-refractivity contribution >= 4 is 11.6 Å². The topological polar surface area (TPSA) is 89.1 Å². The van der Waals surface area contributed by atoms with Crippen LogP contribution >= 0.6 is 0 Å². The molecule has 1 aromatic heterocycles. The summed E-state index contributed by atoms with van der Waals surface area (Å²) in [5.74, 6) is 2.48. The van der Waals surface area contributed by atoms with Gasteiger partial charge in [0.1, 0.15) is 17.3 Å². The number of hydrogen-bond acceptors (Lipinski definition) is 5. The fraction of sp³-hybridized carbons (Fsp3) is 0.211. The molecule has 0 aliphatic heterocycles. The van der Waals surface area contributed by atoms with Gasteiger partial charge in [0.05, 0.1) is 20.6 Å².